The number of fused-ring (bicyclic) bond motifs is 1. The summed E-state index contributed by atoms with van der Waals surface area (Å²) in [6.07, 6.45) is 3.02. The van der Waals surface area contributed by atoms with Gasteiger partial charge in [-0.15, -0.1) is 0 Å². The maximum Gasteiger partial charge on any atom is 0.269 e. The summed E-state index contributed by atoms with van der Waals surface area (Å²) < 4.78 is 0. The fourth-order valence-electron chi connectivity index (χ4n) is 2.95. The maximum absolute atomic E-state index is 10.7. The van der Waals surface area contributed by atoms with Gasteiger partial charge in [-0.2, -0.15) is 0 Å². The van der Waals surface area contributed by atoms with Gasteiger partial charge >= 0.3 is 0 Å². The first kappa shape index (κ1) is 13.8. The van der Waals surface area contributed by atoms with Crippen molar-refractivity contribution in [2.24, 2.45) is 0 Å². The lowest BCUT2D eigenvalue weighted by Crippen LogP contribution is -2.30. The zero-order valence-corrected chi connectivity index (χ0v) is 11.8. The number of nitro groups is 1. The van der Waals surface area contributed by atoms with Crippen molar-refractivity contribution >= 4 is 5.69 Å². The van der Waals surface area contributed by atoms with Crippen molar-refractivity contribution in [2.75, 3.05) is 6.54 Å². The fourth-order valence-corrected chi connectivity index (χ4v) is 2.95. The van der Waals surface area contributed by atoms with Crippen LogP contribution < -0.4 is 5.32 Å². The minimum absolute atomic E-state index is 0.153. The average Bonchev–Trinajstić information content (AvgIpc) is 2.53. The summed E-state index contributed by atoms with van der Waals surface area (Å²) in [5, 5.41) is 14.2. The van der Waals surface area contributed by atoms with Crippen molar-refractivity contribution in [2.45, 2.75) is 25.3 Å². The van der Waals surface area contributed by atoms with E-state index in [0.29, 0.717) is 6.04 Å². The lowest BCUT2D eigenvalue weighted by atomic mass is 9.91. The van der Waals surface area contributed by atoms with Gasteiger partial charge in [-0.05, 0) is 42.5 Å². The normalized spacial score (nSPS) is 17.2. The van der Waals surface area contributed by atoms with Gasteiger partial charge in [0.1, 0.15) is 0 Å². The van der Waals surface area contributed by atoms with Crippen LogP contribution in [0.1, 0.15) is 29.2 Å². The van der Waals surface area contributed by atoms with E-state index in [0.717, 1.165) is 31.4 Å². The molecule has 1 aliphatic heterocycles. The molecule has 3 rings (SSSR count). The zero-order chi connectivity index (χ0) is 14.7. The Bertz CT molecular complexity index is 637. The summed E-state index contributed by atoms with van der Waals surface area (Å²) in [5.41, 5.74) is 4.13. The number of aryl methyl sites for hydroxylation is 1. The SMILES string of the molecule is O=[N+]([O-])c1ccc(CCC2NCCc3ccccc32)cc1. The van der Waals surface area contributed by atoms with E-state index < -0.39 is 0 Å². The van der Waals surface area contributed by atoms with E-state index >= 15 is 0 Å². The highest BCUT2D eigenvalue weighted by atomic mass is 16.6. The molecule has 0 spiro atoms. The third-order valence-electron chi connectivity index (χ3n) is 4.08. The lowest BCUT2D eigenvalue weighted by molar-refractivity contribution is -0.384. The Kier molecular flexibility index (Phi) is 3.97. The predicted octanol–water partition coefficient (Wildman–Crippen LogP) is 3.41. The lowest BCUT2D eigenvalue weighted by Gasteiger charge is -2.27. The molecule has 0 fully saturated rings. The van der Waals surface area contributed by atoms with Gasteiger partial charge < -0.3 is 5.32 Å². The van der Waals surface area contributed by atoms with Crippen LogP contribution >= 0.6 is 0 Å². The van der Waals surface area contributed by atoms with Crippen LogP contribution in [0.5, 0.6) is 0 Å². The van der Waals surface area contributed by atoms with E-state index in [-0.39, 0.29) is 10.6 Å². The van der Waals surface area contributed by atoms with Gasteiger partial charge in [-0.25, -0.2) is 0 Å². The van der Waals surface area contributed by atoms with Gasteiger partial charge in [0.05, 0.1) is 4.92 Å². The van der Waals surface area contributed by atoms with Gasteiger partial charge in [0.2, 0.25) is 0 Å². The molecule has 21 heavy (non-hydrogen) atoms. The first-order valence-electron chi connectivity index (χ1n) is 7.28. The first-order chi connectivity index (χ1) is 10.2. The molecule has 2 aromatic rings. The summed E-state index contributed by atoms with van der Waals surface area (Å²) >= 11 is 0. The Morgan fingerprint density at radius 3 is 2.67 bits per heavy atom. The Hall–Kier alpha value is -2.20. The molecule has 4 heteroatoms. The molecule has 0 amide bonds. The molecule has 1 unspecified atom stereocenters. The van der Waals surface area contributed by atoms with Crippen LogP contribution in [0.25, 0.3) is 0 Å². The summed E-state index contributed by atoms with van der Waals surface area (Å²) in [6, 6.07) is 15.8. The molecule has 4 nitrogen and oxygen atoms in total. The van der Waals surface area contributed by atoms with Crippen molar-refractivity contribution < 1.29 is 4.92 Å². The van der Waals surface area contributed by atoms with Crippen LogP contribution in [0.2, 0.25) is 0 Å². The van der Waals surface area contributed by atoms with Gasteiger partial charge in [0, 0.05) is 18.2 Å². The van der Waals surface area contributed by atoms with Gasteiger partial charge in [-0.1, -0.05) is 36.4 Å². The molecule has 1 heterocycles. The number of nitrogens with zero attached hydrogens (tertiary/aromatic N) is 1. The zero-order valence-electron chi connectivity index (χ0n) is 11.8. The van der Waals surface area contributed by atoms with Crippen LogP contribution in [0.3, 0.4) is 0 Å². The molecule has 0 radical (unpaired) electrons. The smallest absolute Gasteiger partial charge is 0.269 e. The molecule has 0 bridgehead atoms. The van der Waals surface area contributed by atoms with E-state index in [4.69, 9.17) is 0 Å². The highest BCUT2D eigenvalue weighted by molar-refractivity contribution is 5.34. The van der Waals surface area contributed by atoms with Gasteiger partial charge in [0.15, 0.2) is 0 Å². The maximum atomic E-state index is 10.7. The Labute approximate surface area is 124 Å². The molecule has 2 aromatic carbocycles. The number of rotatable bonds is 4. The Morgan fingerprint density at radius 2 is 1.90 bits per heavy atom. The second kappa shape index (κ2) is 6.06. The molecular formula is C17H18N2O2. The van der Waals surface area contributed by atoms with Crippen LogP contribution in [-0.4, -0.2) is 11.5 Å². The molecule has 0 aromatic heterocycles. The van der Waals surface area contributed by atoms with E-state index in [1.165, 1.54) is 11.1 Å². The van der Waals surface area contributed by atoms with Crippen molar-refractivity contribution in [1.82, 2.24) is 5.32 Å². The monoisotopic (exact) mass is 282 g/mol. The fraction of sp³-hybridized carbons (Fsp3) is 0.294. The topological polar surface area (TPSA) is 55.2 Å². The predicted molar refractivity (Wildman–Crippen MR) is 82.3 cm³/mol. The number of benzene rings is 2. The summed E-state index contributed by atoms with van der Waals surface area (Å²) in [6.45, 7) is 1.02. The standard InChI is InChI=1S/C17H18N2O2/c20-19(21)15-8-5-13(6-9-15)7-10-17-16-4-2-1-3-14(16)11-12-18-17/h1-6,8-9,17-18H,7,10-12H2. The largest absolute Gasteiger partial charge is 0.310 e. The summed E-state index contributed by atoms with van der Waals surface area (Å²) in [5.74, 6) is 0. The summed E-state index contributed by atoms with van der Waals surface area (Å²) in [4.78, 5) is 10.3. The molecule has 0 saturated heterocycles. The second-order valence-corrected chi connectivity index (χ2v) is 5.42. The van der Waals surface area contributed by atoms with Crippen molar-refractivity contribution in [1.29, 1.82) is 0 Å². The molecule has 0 aliphatic carbocycles. The molecule has 1 atom stereocenters. The van der Waals surface area contributed by atoms with E-state index in [2.05, 4.69) is 29.6 Å². The van der Waals surface area contributed by atoms with Crippen molar-refractivity contribution in [3.8, 4) is 0 Å². The van der Waals surface area contributed by atoms with E-state index in [1.54, 1.807) is 12.1 Å². The molecule has 0 saturated carbocycles. The van der Waals surface area contributed by atoms with Gasteiger partial charge in [-0.3, -0.25) is 10.1 Å². The van der Waals surface area contributed by atoms with E-state index in [9.17, 15) is 10.1 Å². The Balaban J connectivity index is 1.67. The molecule has 108 valence electrons. The number of non-ortho nitro benzene ring substituents is 1. The van der Waals surface area contributed by atoms with Crippen molar-refractivity contribution in [3.05, 3.63) is 75.3 Å². The van der Waals surface area contributed by atoms with Crippen LogP contribution in [-0.2, 0) is 12.8 Å². The van der Waals surface area contributed by atoms with Crippen LogP contribution in [0.4, 0.5) is 5.69 Å². The molecule has 1 N–H and O–H groups in total. The minimum Gasteiger partial charge on any atom is -0.310 e. The van der Waals surface area contributed by atoms with Crippen molar-refractivity contribution in [3.63, 3.8) is 0 Å². The highest BCUT2D eigenvalue weighted by Gasteiger charge is 2.18. The number of hydrogen-bond acceptors (Lipinski definition) is 3. The number of hydrogen-bond donors (Lipinski definition) is 1. The third-order valence-corrected chi connectivity index (χ3v) is 4.08. The summed E-state index contributed by atoms with van der Waals surface area (Å²) in [7, 11) is 0. The van der Waals surface area contributed by atoms with Crippen LogP contribution in [0, 0.1) is 10.1 Å². The molecular weight excluding hydrogens is 264 g/mol. The minimum atomic E-state index is -0.358. The number of nitrogens with one attached hydrogen (secondary N) is 1. The molecule has 1 aliphatic rings. The van der Waals surface area contributed by atoms with Crippen LogP contribution in [0.15, 0.2) is 48.5 Å². The quantitative estimate of drug-likeness (QED) is 0.690. The second-order valence-electron chi connectivity index (χ2n) is 5.42. The third kappa shape index (κ3) is 3.11. The van der Waals surface area contributed by atoms with E-state index in [1.807, 2.05) is 12.1 Å². The highest BCUT2D eigenvalue weighted by Crippen LogP contribution is 2.26. The van der Waals surface area contributed by atoms with Gasteiger partial charge in [0.25, 0.3) is 5.69 Å². The first-order valence-corrected chi connectivity index (χ1v) is 7.28. The number of nitro benzene ring substituents is 1. The average molecular weight is 282 g/mol. The Morgan fingerprint density at radius 1 is 1.14 bits per heavy atom.